The van der Waals surface area contributed by atoms with Crippen LogP contribution in [-0.4, -0.2) is 35.1 Å². The molecule has 1 unspecified atom stereocenters. The number of nitrogens with zero attached hydrogens (tertiary/aromatic N) is 2. The lowest BCUT2D eigenvalue weighted by Crippen LogP contribution is -2.51. The number of benzene rings is 2. The fourth-order valence-electron chi connectivity index (χ4n) is 3.78. The van der Waals surface area contributed by atoms with Crippen LogP contribution in [0.15, 0.2) is 48.5 Å². The Hall–Kier alpha value is -1.98. The van der Waals surface area contributed by atoms with Crippen molar-refractivity contribution in [1.29, 1.82) is 0 Å². The van der Waals surface area contributed by atoms with Gasteiger partial charge in [-0.2, -0.15) is 0 Å². The molecular formula is C20H19ClN2O2S. The van der Waals surface area contributed by atoms with E-state index in [1.54, 1.807) is 40.9 Å². The van der Waals surface area contributed by atoms with Crippen molar-refractivity contribution in [3.05, 3.63) is 64.7 Å². The van der Waals surface area contributed by atoms with E-state index in [0.29, 0.717) is 17.1 Å². The molecule has 0 saturated carbocycles. The van der Waals surface area contributed by atoms with Crippen molar-refractivity contribution in [1.82, 2.24) is 4.90 Å². The van der Waals surface area contributed by atoms with Crippen LogP contribution < -0.4 is 4.90 Å². The quantitative estimate of drug-likeness (QED) is 0.778. The highest BCUT2D eigenvalue weighted by Crippen LogP contribution is 2.54. The van der Waals surface area contributed by atoms with Gasteiger partial charge in [-0.3, -0.25) is 9.59 Å². The highest BCUT2D eigenvalue weighted by molar-refractivity contribution is 8.01. The molecule has 6 heteroatoms. The summed E-state index contributed by atoms with van der Waals surface area (Å²) in [6.45, 7) is 4.54. The summed E-state index contributed by atoms with van der Waals surface area (Å²) in [7, 11) is 0. The number of anilines is 1. The van der Waals surface area contributed by atoms with Crippen LogP contribution >= 0.6 is 23.4 Å². The molecule has 2 aliphatic heterocycles. The van der Waals surface area contributed by atoms with Crippen molar-refractivity contribution in [2.75, 3.05) is 17.2 Å². The molecule has 1 spiro atoms. The number of amides is 2. The zero-order chi connectivity index (χ0) is 18.5. The highest BCUT2D eigenvalue weighted by atomic mass is 35.5. The summed E-state index contributed by atoms with van der Waals surface area (Å²) >= 11 is 7.50. The van der Waals surface area contributed by atoms with Crippen molar-refractivity contribution < 1.29 is 9.59 Å². The third kappa shape index (κ3) is 2.37. The molecule has 1 fully saturated rings. The Bertz CT molecular complexity index is 884. The Kier molecular flexibility index (Phi) is 4.24. The van der Waals surface area contributed by atoms with Crippen LogP contribution in [0.4, 0.5) is 5.69 Å². The van der Waals surface area contributed by atoms with Gasteiger partial charge in [0.1, 0.15) is 0 Å². The Morgan fingerprint density at radius 3 is 2.54 bits per heavy atom. The Morgan fingerprint density at radius 1 is 1.15 bits per heavy atom. The number of fused-ring (bicyclic) bond motifs is 2. The molecule has 26 heavy (non-hydrogen) atoms. The minimum Gasteiger partial charge on any atom is -0.311 e. The molecule has 2 aromatic carbocycles. The van der Waals surface area contributed by atoms with Crippen LogP contribution in [0.1, 0.15) is 29.8 Å². The van der Waals surface area contributed by atoms with E-state index in [1.807, 2.05) is 43.0 Å². The predicted octanol–water partition coefficient (Wildman–Crippen LogP) is 4.14. The van der Waals surface area contributed by atoms with Crippen LogP contribution in [-0.2, 0) is 9.67 Å². The number of carbonyl (C=O) groups is 2. The van der Waals surface area contributed by atoms with E-state index < -0.39 is 4.87 Å². The molecule has 4 rings (SSSR count). The van der Waals surface area contributed by atoms with Gasteiger partial charge in [-0.1, -0.05) is 29.8 Å². The first-order valence-corrected chi connectivity index (χ1v) is 9.98. The molecule has 2 amide bonds. The molecule has 1 atom stereocenters. The SMILES string of the molecule is CC(C)N1C(=O)C2(SCCN2C(=O)c2ccc(Cl)cc2)c2ccccc21. The lowest BCUT2D eigenvalue weighted by molar-refractivity contribution is -0.123. The van der Waals surface area contributed by atoms with Crippen LogP contribution in [0, 0.1) is 0 Å². The number of carbonyl (C=O) groups excluding carboxylic acids is 2. The fraction of sp³-hybridized carbons (Fsp3) is 0.300. The average molecular weight is 387 g/mol. The topological polar surface area (TPSA) is 40.6 Å². The minimum absolute atomic E-state index is 0.0247. The second kappa shape index (κ2) is 6.32. The summed E-state index contributed by atoms with van der Waals surface area (Å²) in [5.74, 6) is 0.560. The normalized spacial score (nSPS) is 21.8. The first kappa shape index (κ1) is 17.4. The van der Waals surface area contributed by atoms with Crippen molar-refractivity contribution in [3.8, 4) is 0 Å². The standard InChI is InChI=1S/C20H19ClN2O2S/c1-13(2)23-17-6-4-3-5-16(17)20(19(23)25)22(11-12-26-20)18(24)14-7-9-15(21)10-8-14/h3-10,13H,11-12H2,1-2H3. The molecule has 2 aromatic rings. The van der Waals surface area contributed by atoms with E-state index in [9.17, 15) is 9.59 Å². The molecule has 2 heterocycles. The van der Waals surface area contributed by atoms with E-state index in [-0.39, 0.29) is 17.9 Å². The number of hydrogen-bond acceptors (Lipinski definition) is 3. The lowest BCUT2D eigenvalue weighted by atomic mass is 10.0. The van der Waals surface area contributed by atoms with Gasteiger partial charge in [0.05, 0.1) is 5.69 Å². The number of thioether (sulfide) groups is 1. The Morgan fingerprint density at radius 2 is 1.85 bits per heavy atom. The summed E-state index contributed by atoms with van der Waals surface area (Å²) < 4.78 is 0. The highest BCUT2D eigenvalue weighted by Gasteiger charge is 2.59. The third-order valence-electron chi connectivity index (χ3n) is 4.90. The van der Waals surface area contributed by atoms with Crippen LogP contribution in [0.25, 0.3) is 0 Å². The van der Waals surface area contributed by atoms with Gasteiger partial charge in [0.2, 0.25) is 0 Å². The molecule has 0 bridgehead atoms. The first-order valence-electron chi connectivity index (χ1n) is 8.61. The van der Waals surface area contributed by atoms with Crippen molar-refractivity contribution in [2.45, 2.75) is 24.8 Å². The van der Waals surface area contributed by atoms with E-state index >= 15 is 0 Å². The summed E-state index contributed by atoms with van der Waals surface area (Å²) in [5.41, 5.74) is 2.35. The molecule has 0 aromatic heterocycles. The van der Waals surface area contributed by atoms with Gasteiger partial charge in [-0.05, 0) is 44.2 Å². The van der Waals surface area contributed by atoms with E-state index in [0.717, 1.165) is 17.0 Å². The van der Waals surface area contributed by atoms with E-state index in [1.165, 1.54) is 0 Å². The maximum atomic E-state index is 13.5. The average Bonchev–Trinajstić information content (AvgIpc) is 3.17. The summed E-state index contributed by atoms with van der Waals surface area (Å²) in [6.07, 6.45) is 0. The number of para-hydroxylation sites is 1. The molecule has 134 valence electrons. The molecular weight excluding hydrogens is 368 g/mol. The van der Waals surface area contributed by atoms with Gasteiger partial charge in [0, 0.05) is 34.5 Å². The molecule has 2 aliphatic rings. The maximum Gasteiger partial charge on any atom is 0.268 e. The predicted molar refractivity (Wildman–Crippen MR) is 106 cm³/mol. The number of rotatable bonds is 2. The van der Waals surface area contributed by atoms with Crippen molar-refractivity contribution in [3.63, 3.8) is 0 Å². The summed E-state index contributed by atoms with van der Waals surface area (Å²) in [5, 5.41) is 0.584. The zero-order valence-corrected chi connectivity index (χ0v) is 16.2. The largest absolute Gasteiger partial charge is 0.311 e. The van der Waals surface area contributed by atoms with Crippen molar-refractivity contribution >= 4 is 40.9 Å². The van der Waals surface area contributed by atoms with Gasteiger partial charge < -0.3 is 9.80 Å². The molecule has 0 N–H and O–H groups in total. The van der Waals surface area contributed by atoms with Gasteiger partial charge in [0.25, 0.3) is 11.8 Å². The van der Waals surface area contributed by atoms with Gasteiger partial charge in [-0.25, -0.2) is 0 Å². The Labute approximate surface area is 162 Å². The van der Waals surface area contributed by atoms with Gasteiger partial charge in [0.15, 0.2) is 4.87 Å². The third-order valence-corrected chi connectivity index (χ3v) is 6.57. The zero-order valence-electron chi connectivity index (χ0n) is 14.6. The summed E-state index contributed by atoms with van der Waals surface area (Å²) in [4.78, 5) is 29.3. The summed E-state index contributed by atoms with van der Waals surface area (Å²) in [6, 6.07) is 14.7. The van der Waals surface area contributed by atoms with Gasteiger partial charge in [-0.15, -0.1) is 11.8 Å². The van der Waals surface area contributed by atoms with Crippen LogP contribution in [0.2, 0.25) is 5.02 Å². The second-order valence-corrected chi connectivity index (χ2v) is 8.47. The van der Waals surface area contributed by atoms with Crippen LogP contribution in [0.5, 0.6) is 0 Å². The molecule has 1 saturated heterocycles. The second-order valence-electron chi connectivity index (χ2n) is 6.74. The molecule has 0 aliphatic carbocycles. The van der Waals surface area contributed by atoms with Gasteiger partial charge >= 0.3 is 0 Å². The monoisotopic (exact) mass is 386 g/mol. The fourth-order valence-corrected chi connectivity index (χ4v) is 5.36. The van der Waals surface area contributed by atoms with E-state index in [2.05, 4.69) is 0 Å². The molecule has 0 radical (unpaired) electrons. The lowest BCUT2D eigenvalue weighted by Gasteiger charge is -2.34. The maximum absolute atomic E-state index is 13.5. The minimum atomic E-state index is -0.975. The smallest absolute Gasteiger partial charge is 0.268 e. The number of hydrogen-bond donors (Lipinski definition) is 0. The van der Waals surface area contributed by atoms with Crippen molar-refractivity contribution in [2.24, 2.45) is 0 Å². The number of halogens is 1. The Balaban J connectivity index is 1.83. The van der Waals surface area contributed by atoms with E-state index in [4.69, 9.17) is 11.6 Å². The molecule has 4 nitrogen and oxygen atoms in total. The first-order chi connectivity index (χ1) is 12.5. The van der Waals surface area contributed by atoms with Crippen LogP contribution in [0.3, 0.4) is 0 Å².